The highest BCUT2D eigenvalue weighted by atomic mass is 35.5. The van der Waals surface area contributed by atoms with E-state index in [1.165, 1.54) is 7.11 Å². The van der Waals surface area contributed by atoms with E-state index < -0.39 is 0 Å². The molecule has 0 aromatic carbocycles. The first-order valence-electron chi connectivity index (χ1n) is 6.63. The number of hydrogen-bond donors (Lipinski definition) is 0. The molecule has 0 radical (unpaired) electrons. The van der Waals surface area contributed by atoms with E-state index in [0.29, 0.717) is 17.7 Å². The summed E-state index contributed by atoms with van der Waals surface area (Å²) in [7, 11) is 1.41. The van der Waals surface area contributed by atoms with Crippen molar-refractivity contribution in [3.8, 4) is 0 Å². The molecule has 0 spiro atoms. The minimum atomic E-state index is -0.283. The van der Waals surface area contributed by atoms with Gasteiger partial charge in [0.15, 0.2) is 5.15 Å². The van der Waals surface area contributed by atoms with Gasteiger partial charge < -0.3 is 14.0 Å². The van der Waals surface area contributed by atoms with Crippen molar-refractivity contribution in [2.45, 2.75) is 37.6 Å². The molecule has 0 bridgehead atoms. The maximum Gasteiger partial charge on any atom is 0.314 e. The van der Waals surface area contributed by atoms with Crippen LogP contribution in [0.25, 0.3) is 0 Å². The SMILES string of the molecule is COC(=O)C1CCCn2c(C3CCOC3)nc(Cl)c21. The first-order valence-corrected chi connectivity index (χ1v) is 7.01. The molecule has 2 unspecified atom stereocenters. The molecule has 19 heavy (non-hydrogen) atoms. The molecule has 0 N–H and O–H groups in total. The second kappa shape index (κ2) is 5.13. The van der Waals surface area contributed by atoms with Crippen molar-refractivity contribution in [2.75, 3.05) is 20.3 Å². The fraction of sp³-hybridized carbons (Fsp3) is 0.692. The molecule has 104 valence electrons. The lowest BCUT2D eigenvalue weighted by Gasteiger charge is -2.24. The number of rotatable bonds is 2. The van der Waals surface area contributed by atoms with Crippen LogP contribution in [-0.2, 0) is 20.8 Å². The summed E-state index contributed by atoms with van der Waals surface area (Å²) in [5.74, 6) is 0.751. The lowest BCUT2D eigenvalue weighted by atomic mass is 9.96. The predicted molar refractivity (Wildman–Crippen MR) is 69.4 cm³/mol. The molecule has 5 nitrogen and oxygen atoms in total. The molecular weight excluding hydrogens is 268 g/mol. The van der Waals surface area contributed by atoms with Crippen LogP contribution in [0.2, 0.25) is 5.15 Å². The monoisotopic (exact) mass is 284 g/mol. The molecular formula is C13H17ClN2O3. The van der Waals surface area contributed by atoms with E-state index in [1.54, 1.807) is 0 Å². The number of esters is 1. The summed E-state index contributed by atoms with van der Waals surface area (Å²) >= 11 is 6.26. The number of imidazole rings is 1. The Morgan fingerprint density at radius 1 is 1.53 bits per heavy atom. The van der Waals surface area contributed by atoms with Crippen LogP contribution in [0.5, 0.6) is 0 Å². The van der Waals surface area contributed by atoms with E-state index in [0.717, 1.165) is 43.9 Å². The van der Waals surface area contributed by atoms with E-state index >= 15 is 0 Å². The van der Waals surface area contributed by atoms with Gasteiger partial charge in [-0.3, -0.25) is 4.79 Å². The van der Waals surface area contributed by atoms with E-state index in [-0.39, 0.29) is 11.9 Å². The van der Waals surface area contributed by atoms with Crippen LogP contribution in [-0.4, -0.2) is 35.8 Å². The minimum absolute atomic E-state index is 0.225. The van der Waals surface area contributed by atoms with E-state index in [2.05, 4.69) is 9.55 Å². The highest BCUT2D eigenvalue weighted by Crippen LogP contribution is 2.37. The fourth-order valence-corrected chi connectivity index (χ4v) is 3.35. The topological polar surface area (TPSA) is 53.4 Å². The van der Waals surface area contributed by atoms with Gasteiger partial charge in [0.05, 0.1) is 19.4 Å². The van der Waals surface area contributed by atoms with Gasteiger partial charge in [-0.1, -0.05) is 11.6 Å². The fourth-order valence-electron chi connectivity index (χ4n) is 3.03. The number of aromatic nitrogens is 2. The molecule has 2 aliphatic heterocycles. The third-order valence-corrected chi connectivity index (χ3v) is 4.25. The van der Waals surface area contributed by atoms with Gasteiger partial charge >= 0.3 is 5.97 Å². The van der Waals surface area contributed by atoms with Crippen LogP contribution in [0.4, 0.5) is 0 Å². The molecule has 1 aromatic rings. The Morgan fingerprint density at radius 3 is 3.05 bits per heavy atom. The van der Waals surface area contributed by atoms with Gasteiger partial charge in [-0.2, -0.15) is 0 Å². The van der Waals surface area contributed by atoms with Crippen molar-refractivity contribution in [3.05, 3.63) is 16.7 Å². The first-order chi connectivity index (χ1) is 9.22. The third kappa shape index (κ3) is 2.15. The Balaban J connectivity index is 2.00. The van der Waals surface area contributed by atoms with Crippen molar-refractivity contribution in [1.29, 1.82) is 0 Å². The molecule has 3 rings (SSSR count). The molecule has 3 heterocycles. The van der Waals surface area contributed by atoms with E-state index in [1.807, 2.05) is 0 Å². The number of halogens is 1. The van der Waals surface area contributed by atoms with Gasteiger partial charge in [0.1, 0.15) is 11.7 Å². The van der Waals surface area contributed by atoms with Crippen LogP contribution in [0.15, 0.2) is 0 Å². The van der Waals surface area contributed by atoms with Crippen LogP contribution in [0, 0.1) is 0 Å². The van der Waals surface area contributed by atoms with Gasteiger partial charge in [-0.25, -0.2) is 4.98 Å². The number of carbonyl (C=O) groups is 1. The summed E-state index contributed by atoms with van der Waals surface area (Å²) in [4.78, 5) is 16.3. The van der Waals surface area contributed by atoms with Gasteiger partial charge in [-0.05, 0) is 19.3 Å². The summed E-state index contributed by atoms with van der Waals surface area (Å²) in [5, 5.41) is 0.442. The molecule has 1 fully saturated rings. The number of carbonyl (C=O) groups excluding carboxylic acids is 1. The lowest BCUT2D eigenvalue weighted by Crippen LogP contribution is -2.24. The Morgan fingerprint density at radius 2 is 2.37 bits per heavy atom. The Hall–Kier alpha value is -1.07. The van der Waals surface area contributed by atoms with Gasteiger partial charge in [0, 0.05) is 19.1 Å². The van der Waals surface area contributed by atoms with Crippen LogP contribution in [0.1, 0.15) is 42.6 Å². The number of nitrogens with zero attached hydrogens (tertiary/aromatic N) is 2. The normalized spacial score (nSPS) is 26.2. The van der Waals surface area contributed by atoms with Crippen molar-refractivity contribution < 1.29 is 14.3 Å². The highest BCUT2D eigenvalue weighted by molar-refractivity contribution is 6.30. The molecule has 2 atom stereocenters. The number of hydrogen-bond acceptors (Lipinski definition) is 4. The maximum absolute atomic E-state index is 11.9. The zero-order valence-corrected chi connectivity index (χ0v) is 11.7. The predicted octanol–water partition coefficient (Wildman–Crippen LogP) is 2.09. The average Bonchev–Trinajstić information content (AvgIpc) is 3.06. The maximum atomic E-state index is 11.9. The zero-order valence-electron chi connectivity index (χ0n) is 10.9. The second-order valence-corrected chi connectivity index (χ2v) is 5.43. The van der Waals surface area contributed by atoms with E-state index in [9.17, 15) is 4.79 Å². The molecule has 0 saturated carbocycles. The summed E-state index contributed by atoms with van der Waals surface area (Å²) in [5.41, 5.74) is 0.821. The van der Waals surface area contributed by atoms with Gasteiger partial charge in [0.25, 0.3) is 0 Å². The summed E-state index contributed by atoms with van der Waals surface area (Å²) < 4.78 is 12.4. The van der Waals surface area contributed by atoms with Crippen LogP contribution in [0.3, 0.4) is 0 Å². The molecule has 6 heteroatoms. The van der Waals surface area contributed by atoms with Crippen molar-refractivity contribution >= 4 is 17.6 Å². The Bertz CT molecular complexity index is 494. The summed E-state index contributed by atoms with van der Waals surface area (Å²) in [6, 6.07) is 0. The summed E-state index contributed by atoms with van der Waals surface area (Å²) in [6.45, 7) is 2.33. The largest absolute Gasteiger partial charge is 0.469 e. The molecule has 2 aliphatic rings. The standard InChI is InChI=1S/C13H17ClN2O3/c1-18-13(17)9-3-2-5-16-10(9)11(14)15-12(16)8-4-6-19-7-8/h8-9H,2-7H2,1H3. The van der Waals surface area contributed by atoms with Gasteiger partial charge in [0.2, 0.25) is 0 Å². The molecule has 0 amide bonds. The van der Waals surface area contributed by atoms with Crippen molar-refractivity contribution in [3.63, 3.8) is 0 Å². The van der Waals surface area contributed by atoms with Gasteiger partial charge in [-0.15, -0.1) is 0 Å². The second-order valence-electron chi connectivity index (χ2n) is 5.08. The smallest absolute Gasteiger partial charge is 0.314 e. The van der Waals surface area contributed by atoms with E-state index in [4.69, 9.17) is 21.1 Å². The highest BCUT2D eigenvalue weighted by Gasteiger charge is 2.35. The minimum Gasteiger partial charge on any atom is -0.469 e. The lowest BCUT2D eigenvalue weighted by molar-refractivity contribution is -0.143. The quantitative estimate of drug-likeness (QED) is 0.781. The summed E-state index contributed by atoms with van der Waals surface area (Å²) in [6.07, 6.45) is 2.69. The van der Waals surface area contributed by atoms with Crippen molar-refractivity contribution in [1.82, 2.24) is 9.55 Å². The Kier molecular flexibility index (Phi) is 3.50. The number of methoxy groups -OCH3 is 1. The molecule has 1 saturated heterocycles. The molecule has 1 aromatic heterocycles. The zero-order chi connectivity index (χ0) is 13.4. The van der Waals surface area contributed by atoms with Crippen LogP contribution < -0.4 is 0 Å². The number of fused-ring (bicyclic) bond motifs is 1. The Labute approximate surface area is 116 Å². The first kappa shape index (κ1) is 12.9. The molecule has 0 aliphatic carbocycles. The average molecular weight is 285 g/mol. The third-order valence-electron chi connectivity index (χ3n) is 3.98. The van der Waals surface area contributed by atoms with Crippen LogP contribution >= 0.6 is 11.6 Å². The number of ether oxygens (including phenoxy) is 2. The van der Waals surface area contributed by atoms with Crippen molar-refractivity contribution in [2.24, 2.45) is 0 Å².